The Labute approximate surface area is 130 Å². The van der Waals surface area contributed by atoms with Crippen LogP contribution in [0.15, 0.2) is 42.6 Å². The van der Waals surface area contributed by atoms with Crippen molar-refractivity contribution in [2.45, 2.75) is 25.7 Å². The summed E-state index contributed by atoms with van der Waals surface area (Å²) >= 11 is 0. The number of ether oxygens (including phenoxy) is 1. The Balaban J connectivity index is 0.000000239. The number of esters is 1. The van der Waals surface area contributed by atoms with Gasteiger partial charge in [0.2, 0.25) is 0 Å². The van der Waals surface area contributed by atoms with Crippen LogP contribution in [0.2, 0.25) is 0 Å². The topological polar surface area (TPSA) is 92.9 Å². The number of cyclic esters (lactones) is 1. The number of rotatable bonds is 6. The third-order valence-corrected chi connectivity index (χ3v) is 3.05. The molecule has 1 aromatic carbocycles. The van der Waals surface area contributed by atoms with E-state index >= 15 is 0 Å². The SMILES string of the molecule is C=C1C(=O)OCN1c1ccccc1.NCCCCCC(=O)O. The van der Waals surface area contributed by atoms with E-state index in [0.29, 0.717) is 12.2 Å². The number of hydrogen-bond donors (Lipinski definition) is 2. The number of hydrogen-bond acceptors (Lipinski definition) is 5. The molecule has 1 fully saturated rings. The summed E-state index contributed by atoms with van der Waals surface area (Å²) in [5.74, 6) is -1.06. The van der Waals surface area contributed by atoms with E-state index in [2.05, 4.69) is 6.58 Å². The van der Waals surface area contributed by atoms with Crippen molar-refractivity contribution in [2.75, 3.05) is 18.2 Å². The van der Waals surface area contributed by atoms with Gasteiger partial charge >= 0.3 is 11.9 Å². The molecule has 2 rings (SSSR count). The zero-order valence-electron chi connectivity index (χ0n) is 12.5. The summed E-state index contributed by atoms with van der Waals surface area (Å²) in [5, 5.41) is 8.18. The summed E-state index contributed by atoms with van der Waals surface area (Å²) in [6.07, 6.45) is 2.91. The standard InChI is InChI=1S/C10H9NO2.C6H13NO2/c1-8-10(12)13-7-11(8)9-5-3-2-4-6-9;7-5-3-1-2-4-6(8)9/h2-6H,1,7H2;1-5,7H2,(H,8,9). The van der Waals surface area contributed by atoms with Gasteiger partial charge in [-0.2, -0.15) is 0 Å². The maximum atomic E-state index is 11.0. The largest absolute Gasteiger partial charge is 0.481 e. The Morgan fingerprint density at radius 3 is 2.45 bits per heavy atom. The molecule has 0 aromatic heterocycles. The maximum absolute atomic E-state index is 11.0. The zero-order chi connectivity index (χ0) is 16.4. The van der Waals surface area contributed by atoms with E-state index in [9.17, 15) is 9.59 Å². The summed E-state index contributed by atoms with van der Waals surface area (Å²) < 4.78 is 4.82. The van der Waals surface area contributed by atoms with E-state index in [-0.39, 0.29) is 19.1 Å². The first-order valence-electron chi connectivity index (χ1n) is 7.16. The van der Waals surface area contributed by atoms with Crippen molar-refractivity contribution in [3.8, 4) is 0 Å². The number of nitrogens with zero attached hydrogens (tertiary/aromatic N) is 1. The van der Waals surface area contributed by atoms with E-state index in [1.807, 2.05) is 30.3 Å². The van der Waals surface area contributed by atoms with Crippen LogP contribution in [-0.2, 0) is 14.3 Å². The molecular formula is C16H22N2O4. The van der Waals surface area contributed by atoms with Crippen molar-refractivity contribution in [3.63, 3.8) is 0 Å². The van der Waals surface area contributed by atoms with E-state index < -0.39 is 5.97 Å². The molecule has 1 aliphatic heterocycles. The molecule has 0 radical (unpaired) electrons. The molecule has 0 spiro atoms. The van der Waals surface area contributed by atoms with Crippen molar-refractivity contribution in [1.82, 2.24) is 0 Å². The lowest BCUT2D eigenvalue weighted by atomic mass is 10.2. The number of carbonyl (C=O) groups excluding carboxylic acids is 1. The fourth-order valence-corrected chi connectivity index (χ4v) is 1.83. The molecular weight excluding hydrogens is 284 g/mol. The Bertz CT molecular complexity index is 502. The molecule has 0 amide bonds. The quantitative estimate of drug-likeness (QED) is 0.475. The molecule has 1 aliphatic rings. The number of para-hydroxylation sites is 1. The molecule has 0 atom stereocenters. The lowest BCUT2D eigenvalue weighted by Gasteiger charge is -2.14. The molecule has 1 saturated heterocycles. The van der Waals surface area contributed by atoms with Crippen LogP contribution in [0.5, 0.6) is 0 Å². The van der Waals surface area contributed by atoms with Gasteiger partial charge in [-0.25, -0.2) is 4.79 Å². The minimum Gasteiger partial charge on any atom is -0.481 e. The average molecular weight is 306 g/mol. The van der Waals surface area contributed by atoms with Gasteiger partial charge in [-0.1, -0.05) is 31.2 Å². The van der Waals surface area contributed by atoms with E-state index in [1.165, 1.54) is 0 Å². The number of aliphatic carboxylic acids is 1. The Morgan fingerprint density at radius 1 is 1.27 bits per heavy atom. The minimum absolute atomic E-state index is 0.266. The predicted molar refractivity (Wildman–Crippen MR) is 84.2 cm³/mol. The fourth-order valence-electron chi connectivity index (χ4n) is 1.83. The lowest BCUT2D eigenvalue weighted by Crippen LogP contribution is -2.16. The van der Waals surface area contributed by atoms with Crippen LogP contribution in [0.4, 0.5) is 5.69 Å². The molecule has 1 aromatic rings. The number of nitrogens with two attached hydrogens (primary N) is 1. The first-order valence-corrected chi connectivity index (χ1v) is 7.16. The van der Waals surface area contributed by atoms with Crippen LogP contribution < -0.4 is 10.6 Å². The highest BCUT2D eigenvalue weighted by atomic mass is 16.6. The van der Waals surface area contributed by atoms with E-state index in [4.69, 9.17) is 15.6 Å². The molecule has 0 aliphatic carbocycles. The van der Waals surface area contributed by atoms with Crippen LogP contribution in [0.1, 0.15) is 25.7 Å². The highest BCUT2D eigenvalue weighted by Gasteiger charge is 2.25. The second kappa shape index (κ2) is 9.57. The molecule has 0 bridgehead atoms. The summed E-state index contributed by atoms with van der Waals surface area (Å²) in [7, 11) is 0. The smallest absolute Gasteiger partial charge is 0.356 e. The van der Waals surface area contributed by atoms with Crippen molar-refractivity contribution in [2.24, 2.45) is 5.73 Å². The van der Waals surface area contributed by atoms with Gasteiger partial charge in [0.25, 0.3) is 0 Å². The maximum Gasteiger partial charge on any atom is 0.356 e. The van der Waals surface area contributed by atoms with Gasteiger partial charge in [-0.15, -0.1) is 0 Å². The number of carbonyl (C=O) groups is 2. The van der Waals surface area contributed by atoms with Gasteiger partial charge in [0.05, 0.1) is 0 Å². The number of unbranched alkanes of at least 4 members (excludes halogenated alkanes) is 2. The third kappa shape index (κ3) is 5.97. The van der Waals surface area contributed by atoms with Crippen LogP contribution in [0.3, 0.4) is 0 Å². The van der Waals surface area contributed by atoms with Gasteiger partial charge < -0.3 is 20.5 Å². The molecule has 6 nitrogen and oxygen atoms in total. The second-order valence-electron chi connectivity index (χ2n) is 4.76. The van der Waals surface area contributed by atoms with Crippen LogP contribution in [0.25, 0.3) is 0 Å². The lowest BCUT2D eigenvalue weighted by molar-refractivity contribution is -0.137. The van der Waals surface area contributed by atoms with E-state index in [1.54, 1.807) is 4.90 Å². The van der Waals surface area contributed by atoms with Crippen molar-refractivity contribution >= 4 is 17.6 Å². The highest BCUT2D eigenvalue weighted by Crippen LogP contribution is 2.22. The van der Waals surface area contributed by atoms with Gasteiger partial charge in [0.15, 0.2) is 6.73 Å². The van der Waals surface area contributed by atoms with Gasteiger partial charge in [-0.3, -0.25) is 4.79 Å². The Kier molecular flexibility index (Phi) is 7.70. The monoisotopic (exact) mass is 306 g/mol. The normalized spacial score (nSPS) is 13.4. The number of anilines is 1. The summed E-state index contributed by atoms with van der Waals surface area (Å²) in [5.41, 5.74) is 6.52. The second-order valence-corrected chi connectivity index (χ2v) is 4.76. The average Bonchev–Trinajstić information content (AvgIpc) is 2.85. The first-order chi connectivity index (χ1) is 10.6. The molecule has 0 unspecified atom stereocenters. The molecule has 120 valence electrons. The predicted octanol–water partition coefficient (Wildman–Crippen LogP) is 2.11. The molecule has 1 heterocycles. The first kappa shape index (κ1) is 17.7. The van der Waals surface area contributed by atoms with Crippen LogP contribution in [0, 0.1) is 0 Å². The van der Waals surface area contributed by atoms with Crippen molar-refractivity contribution in [3.05, 3.63) is 42.6 Å². The molecule has 0 saturated carbocycles. The number of benzene rings is 1. The summed E-state index contributed by atoms with van der Waals surface area (Å²) in [6, 6.07) is 9.56. The summed E-state index contributed by atoms with van der Waals surface area (Å²) in [6.45, 7) is 4.58. The minimum atomic E-state index is -0.716. The van der Waals surface area contributed by atoms with Gasteiger partial charge in [-0.05, 0) is 31.5 Å². The number of carboxylic acids is 1. The molecule has 22 heavy (non-hydrogen) atoms. The van der Waals surface area contributed by atoms with Crippen LogP contribution >= 0.6 is 0 Å². The highest BCUT2D eigenvalue weighted by molar-refractivity contribution is 5.94. The molecule has 3 N–H and O–H groups in total. The Morgan fingerprint density at radius 2 is 1.95 bits per heavy atom. The summed E-state index contributed by atoms with van der Waals surface area (Å²) in [4.78, 5) is 22.7. The Hall–Kier alpha value is -2.34. The zero-order valence-corrected chi connectivity index (χ0v) is 12.5. The van der Waals surface area contributed by atoms with Gasteiger partial charge in [0, 0.05) is 12.1 Å². The third-order valence-electron chi connectivity index (χ3n) is 3.05. The van der Waals surface area contributed by atoms with Crippen molar-refractivity contribution in [1.29, 1.82) is 0 Å². The van der Waals surface area contributed by atoms with E-state index in [0.717, 1.165) is 24.9 Å². The van der Waals surface area contributed by atoms with Crippen LogP contribution in [-0.4, -0.2) is 30.3 Å². The van der Waals surface area contributed by atoms with Gasteiger partial charge in [0.1, 0.15) is 5.70 Å². The number of carboxylic acid groups (broad SMARTS) is 1. The van der Waals surface area contributed by atoms with Crippen molar-refractivity contribution < 1.29 is 19.4 Å². The molecule has 6 heteroatoms. The fraction of sp³-hybridized carbons (Fsp3) is 0.375.